The van der Waals surface area contributed by atoms with Crippen LogP contribution in [0.25, 0.3) is 0 Å². The number of pyridine rings is 1. The van der Waals surface area contributed by atoms with Crippen LogP contribution in [0.2, 0.25) is 0 Å². The number of rotatable bonds is 4. The fourth-order valence-electron chi connectivity index (χ4n) is 1.43. The molecule has 0 aromatic carbocycles. The van der Waals surface area contributed by atoms with E-state index in [1.54, 1.807) is 18.2 Å². The number of amides is 1. The fraction of sp³-hybridized carbons (Fsp3) is 0.182. The average molecular weight is 267 g/mol. The van der Waals surface area contributed by atoms with Crippen LogP contribution in [0.15, 0.2) is 30.6 Å². The molecule has 0 saturated carbocycles. The summed E-state index contributed by atoms with van der Waals surface area (Å²) in [5.41, 5.74) is 6.13. The van der Waals surface area contributed by atoms with Crippen molar-refractivity contribution in [3.63, 3.8) is 0 Å². The number of aromatic nitrogens is 3. The number of halogens is 2. The Labute approximate surface area is 107 Å². The number of hydrogen-bond donors (Lipinski definition) is 2. The predicted octanol–water partition coefficient (Wildman–Crippen LogP) is 1.19. The predicted molar refractivity (Wildman–Crippen MR) is 63.3 cm³/mol. The standard InChI is InChI=1S/C11H11F2N5O/c12-11(13)18-6-7(4-16-18)10(19)15-5-8-2-1-3-9(14)17-8/h1-4,6,11H,5H2,(H2,14,17)(H,15,19). The quantitative estimate of drug-likeness (QED) is 0.871. The van der Waals surface area contributed by atoms with Gasteiger partial charge in [0.2, 0.25) is 0 Å². The minimum atomic E-state index is -2.77. The van der Waals surface area contributed by atoms with E-state index in [0.717, 1.165) is 12.4 Å². The van der Waals surface area contributed by atoms with Gasteiger partial charge in [-0.05, 0) is 12.1 Å². The van der Waals surface area contributed by atoms with Crippen molar-refractivity contribution in [3.05, 3.63) is 41.9 Å². The number of alkyl halides is 2. The lowest BCUT2D eigenvalue weighted by Crippen LogP contribution is -2.23. The molecule has 0 unspecified atom stereocenters. The lowest BCUT2D eigenvalue weighted by molar-refractivity contribution is 0.0565. The van der Waals surface area contributed by atoms with Crippen molar-refractivity contribution in [3.8, 4) is 0 Å². The highest BCUT2D eigenvalue weighted by atomic mass is 19.3. The maximum absolute atomic E-state index is 12.3. The number of carbonyl (C=O) groups is 1. The van der Waals surface area contributed by atoms with Crippen molar-refractivity contribution < 1.29 is 13.6 Å². The summed E-state index contributed by atoms with van der Waals surface area (Å²) < 4.78 is 25.0. The van der Waals surface area contributed by atoms with Crippen molar-refractivity contribution >= 4 is 11.7 Å². The van der Waals surface area contributed by atoms with E-state index >= 15 is 0 Å². The van der Waals surface area contributed by atoms with Crippen LogP contribution < -0.4 is 11.1 Å². The van der Waals surface area contributed by atoms with Crippen LogP contribution in [0.5, 0.6) is 0 Å². The summed E-state index contributed by atoms with van der Waals surface area (Å²) in [7, 11) is 0. The number of hydrogen-bond acceptors (Lipinski definition) is 4. The first-order chi connectivity index (χ1) is 9.06. The van der Waals surface area contributed by atoms with Gasteiger partial charge in [-0.2, -0.15) is 13.9 Å². The molecule has 0 aliphatic heterocycles. The molecule has 3 N–H and O–H groups in total. The zero-order valence-electron chi connectivity index (χ0n) is 9.75. The lowest BCUT2D eigenvalue weighted by Gasteiger charge is -2.03. The SMILES string of the molecule is Nc1cccc(CNC(=O)c2cnn(C(F)F)c2)n1. The molecule has 0 aliphatic carbocycles. The van der Waals surface area contributed by atoms with E-state index in [4.69, 9.17) is 5.73 Å². The molecular formula is C11H11F2N5O. The van der Waals surface area contributed by atoms with Crippen LogP contribution in [0.1, 0.15) is 22.6 Å². The normalized spacial score (nSPS) is 10.7. The molecule has 0 bridgehead atoms. The minimum Gasteiger partial charge on any atom is -0.384 e. The molecular weight excluding hydrogens is 256 g/mol. The Kier molecular flexibility index (Phi) is 3.69. The van der Waals surface area contributed by atoms with Crippen molar-refractivity contribution in [1.82, 2.24) is 20.1 Å². The van der Waals surface area contributed by atoms with E-state index in [2.05, 4.69) is 15.4 Å². The molecule has 100 valence electrons. The van der Waals surface area contributed by atoms with Crippen LogP contribution in [0.3, 0.4) is 0 Å². The Morgan fingerprint density at radius 3 is 2.89 bits per heavy atom. The molecule has 0 atom stereocenters. The van der Waals surface area contributed by atoms with Crippen LogP contribution in [0.4, 0.5) is 14.6 Å². The molecule has 2 aromatic heterocycles. The van der Waals surface area contributed by atoms with Gasteiger partial charge < -0.3 is 11.1 Å². The van der Waals surface area contributed by atoms with Crippen molar-refractivity contribution in [2.24, 2.45) is 0 Å². The van der Waals surface area contributed by atoms with E-state index in [1.807, 2.05) is 0 Å². The van der Waals surface area contributed by atoms with Crippen LogP contribution >= 0.6 is 0 Å². The lowest BCUT2D eigenvalue weighted by atomic mass is 10.3. The van der Waals surface area contributed by atoms with Crippen LogP contribution in [-0.4, -0.2) is 20.7 Å². The number of nitrogens with zero attached hydrogens (tertiary/aromatic N) is 3. The molecule has 0 fully saturated rings. The monoisotopic (exact) mass is 267 g/mol. The topological polar surface area (TPSA) is 85.8 Å². The zero-order valence-corrected chi connectivity index (χ0v) is 9.75. The summed E-state index contributed by atoms with van der Waals surface area (Å²) in [5.74, 6) is -0.159. The van der Waals surface area contributed by atoms with E-state index < -0.39 is 12.5 Å². The van der Waals surface area contributed by atoms with Gasteiger partial charge in [0.1, 0.15) is 5.82 Å². The van der Waals surface area contributed by atoms with E-state index in [1.165, 1.54) is 0 Å². The summed E-state index contributed by atoms with van der Waals surface area (Å²) in [5, 5.41) is 5.92. The molecule has 0 spiro atoms. The fourth-order valence-corrected chi connectivity index (χ4v) is 1.43. The second-order valence-corrected chi connectivity index (χ2v) is 3.72. The number of nitrogens with two attached hydrogens (primary N) is 1. The van der Waals surface area contributed by atoms with Crippen molar-refractivity contribution in [1.29, 1.82) is 0 Å². The summed E-state index contributed by atoms with van der Waals surface area (Å²) in [6, 6.07) is 5.02. The largest absolute Gasteiger partial charge is 0.384 e. The highest BCUT2D eigenvalue weighted by Crippen LogP contribution is 2.09. The third kappa shape index (κ3) is 3.24. The van der Waals surface area contributed by atoms with Gasteiger partial charge in [-0.1, -0.05) is 6.07 Å². The maximum Gasteiger partial charge on any atom is 0.333 e. The van der Waals surface area contributed by atoms with Crippen LogP contribution in [-0.2, 0) is 6.54 Å². The molecule has 1 amide bonds. The number of nitrogens with one attached hydrogen (secondary N) is 1. The Balaban J connectivity index is 1.97. The summed E-state index contributed by atoms with van der Waals surface area (Å²) in [4.78, 5) is 15.7. The van der Waals surface area contributed by atoms with Crippen LogP contribution in [0, 0.1) is 0 Å². The van der Waals surface area contributed by atoms with Crippen molar-refractivity contribution in [2.45, 2.75) is 13.1 Å². The van der Waals surface area contributed by atoms with Gasteiger partial charge in [-0.15, -0.1) is 0 Å². The Morgan fingerprint density at radius 1 is 1.47 bits per heavy atom. The molecule has 6 nitrogen and oxygen atoms in total. The maximum atomic E-state index is 12.3. The smallest absolute Gasteiger partial charge is 0.333 e. The van der Waals surface area contributed by atoms with E-state index in [0.29, 0.717) is 16.2 Å². The molecule has 2 aromatic rings. The molecule has 19 heavy (non-hydrogen) atoms. The van der Waals surface area contributed by atoms with Crippen molar-refractivity contribution in [2.75, 3.05) is 5.73 Å². The first kappa shape index (κ1) is 12.9. The summed E-state index contributed by atoms with van der Waals surface area (Å²) in [6.07, 6.45) is 2.06. The number of nitrogen functional groups attached to an aromatic ring is 1. The van der Waals surface area contributed by atoms with Gasteiger partial charge in [-0.3, -0.25) is 4.79 Å². The molecule has 8 heteroatoms. The minimum absolute atomic E-state index is 0.0594. The van der Waals surface area contributed by atoms with Gasteiger partial charge in [0.15, 0.2) is 0 Å². The van der Waals surface area contributed by atoms with E-state index in [-0.39, 0.29) is 12.1 Å². The molecule has 0 saturated heterocycles. The number of carbonyl (C=O) groups excluding carboxylic acids is 1. The third-order valence-corrected chi connectivity index (χ3v) is 2.32. The Morgan fingerprint density at radius 2 is 2.26 bits per heavy atom. The summed E-state index contributed by atoms with van der Waals surface area (Å²) in [6.45, 7) is -2.61. The average Bonchev–Trinajstić information content (AvgIpc) is 2.86. The molecule has 2 heterocycles. The Hall–Kier alpha value is -2.51. The Bertz CT molecular complexity index is 584. The van der Waals surface area contributed by atoms with Gasteiger partial charge in [0, 0.05) is 6.20 Å². The second kappa shape index (κ2) is 5.42. The first-order valence-electron chi connectivity index (χ1n) is 5.38. The van der Waals surface area contributed by atoms with Gasteiger partial charge in [0.05, 0.1) is 24.0 Å². The molecule has 2 rings (SSSR count). The third-order valence-electron chi connectivity index (χ3n) is 2.32. The van der Waals surface area contributed by atoms with E-state index in [9.17, 15) is 13.6 Å². The van der Waals surface area contributed by atoms with Gasteiger partial charge in [-0.25, -0.2) is 9.67 Å². The molecule has 0 aliphatic rings. The number of anilines is 1. The highest BCUT2D eigenvalue weighted by molar-refractivity contribution is 5.93. The van der Waals surface area contributed by atoms with Gasteiger partial charge in [0.25, 0.3) is 5.91 Å². The zero-order chi connectivity index (χ0) is 13.8. The second-order valence-electron chi connectivity index (χ2n) is 3.72. The molecule has 0 radical (unpaired) electrons. The van der Waals surface area contributed by atoms with Gasteiger partial charge >= 0.3 is 6.55 Å². The first-order valence-corrected chi connectivity index (χ1v) is 5.38. The summed E-state index contributed by atoms with van der Waals surface area (Å²) >= 11 is 0. The highest BCUT2D eigenvalue weighted by Gasteiger charge is 2.12.